The minimum Gasteiger partial charge on any atom is -0.471 e. The average Bonchev–Trinajstić information content (AvgIpc) is 2.64. The number of rotatable bonds is 2. The van der Waals surface area contributed by atoms with Gasteiger partial charge in [0.05, 0.1) is 6.20 Å². The Hall–Kier alpha value is -1.87. The van der Waals surface area contributed by atoms with Crippen LogP contribution >= 0.6 is 0 Å². The lowest BCUT2D eigenvalue weighted by molar-refractivity contribution is 0.199. The second-order valence-corrected chi connectivity index (χ2v) is 3.85. The zero-order chi connectivity index (χ0) is 11.5. The van der Waals surface area contributed by atoms with Gasteiger partial charge in [0.2, 0.25) is 5.69 Å². The number of nitrogens with two attached hydrogens (primary N) is 1. The normalized spacial score (nSPS) is 20.6. The van der Waals surface area contributed by atoms with Crippen molar-refractivity contribution in [2.75, 3.05) is 25.9 Å². The Labute approximate surface area is 93.7 Å². The van der Waals surface area contributed by atoms with E-state index in [1.165, 1.54) is 6.20 Å². The predicted octanol–water partition coefficient (Wildman–Crippen LogP) is 0.0134. The van der Waals surface area contributed by atoms with Crippen molar-refractivity contribution in [3.63, 3.8) is 0 Å². The molecule has 2 rings (SSSR count). The second-order valence-electron chi connectivity index (χ2n) is 3.85. The van der Waals surface area contributed by atoms with Crippen LogP contribution < -0.4 is 10.5 Å². The number of hydrogen-bond acceptors (Lipinski definition) is 6. The monoisotopic (exact) mass is 219 g/mol. The molecule has 0 bridgehead atoms. The molecule has 0 radical (unpaired) electrons. The molecule has 0 aliphatic carbocycles. The third-order valence-electron chi connectivity index (χ3n) is 2.49. The van der Waals surface area contributed by atoms with E-state index < -0.39 is 0 Å². The van der Waals surface area contributed by atoms with Gasteiger partial charge in [-0.15, -0.1) is 0 Å². The number of anilines is 1. The standard InChI is InChI=1S/C10H13N5O/c1-15-3-2-7(6-15)16-10-8(4-11)13-5-9(12)14-10/h5,7H,2-3,6H2,1H3,(H2,12,14). The number of likely N-dealkylation sites (N-methyl/N-ethyl adjacent to an activating group) is 1. The number of nitriles is 1. The summed E-state index contributed by atoms with van der Waals surface area (Å²) in [5, 5.41) is 8.85. The van der Waals surface area contributed by atoms with E-state index in [2.05, 4.69) is 14.9 Å². The van der Waals surface area contributed by atoms with Crippen molar-refractivity contribution >= 4 is 5.82 Å². The van der Waals surface area contributed by atoms with E-state index in [1.54, 1.807) is 0 Å². The molecule has 1 aromatic heterocycles. The van der Waals surface area contributed by atoms with Crippen LogP contribution in [0.4, 0.5) is 5.82 Å². The zero-order valence-corrected chi connectivity index (χ0v) is 9.05. The molecule has 1 fully saturated rings. The average molecular weight is 219 g/mol. The van der Waals surface area contributed by atoms with Crippen LogP contribution in [0.1, 0.15) is 12.1 Å². The second kappa shape index (κ2) is 4.33. The van der Waals surface area contributed by atoms with Gasteiger partial charge in [-0.25, -0.2) is 4.98 Å². The van der Waals surface area contributed by atoms with Crippen LogP contribution in [0.2, 0.25) is 0 Å². The first-order valence-electron chi connectivity index (χ1n) is 5.07. The van der Waals surface area contributed by atoms with Crippen molar-refractivity contribution in [1.82, 2.24) is 14.9 Å². The van der Waals surface area contributed by atoms with E-state index in [9.17, 15) is 0 Å². The third-order valence-corrected chi connectivity index (χ3v) is 2.49. The molecule has 16 heavy (non-hydrogen) atoms. The lowest BCUT2D eigenvalue weighted by Crippen LogP contribution is -2.22. The zero-order valence-electron chi connectivity index (χ0n) is 9.05. The number of aromatic nitrogens is 2. The molecule has 1 aromatic rings. The molecule has 2 heterocycles. The van der Waals surface area contributed by atoms with Gasteiger partial charge < -0.3 is 15.4 Å². The van der Waals surface area contributed by atoms with Gasteiger partial charge >= 0.3 is 0 Å². The SMILES string of the molecule is CN1CCC(Oc2nc(N)cnc2C#N)C1. The molecule has 1 atom stereocenters. The molecule has 6 nitrogen and oxygen atoms in total. The van der Waals surface area contributed by atoms with Gasteiger partial charge in [0.15, 0.2) is 0 Å². The van der Waals surface area contributed by atoms with E-state index in [1.807, 2.05) is 13.1 Å². The number of nitrogen functional groups attached to an aromatic ring is 1. The molecule has 1 unspecified atom stereocenters. The van der Waals surface area contributed by atoms with Crippen molar-refractivity contribution in [2.45, 2.75) is 12.5 Å². The lowest BCUT2D eigenvalue weighted by Gasteiger charge is -2.13. The summed E-state index contributed by atoms with van der Waals surface area (Å²) >= 11 is 0. The highest BCUT2D eigenvalue weighted by Crippen LogP contribution is 2.18. The Morgan fingerprint density at radius 1 is 1.69 bits per heavy atom. The topological polar surface area (TPSA) is 88.1 Å². The van der Waals surface area contributed by atoms with Crippen molar-refractivity contribution < 1.29 is 4.74 Å². The van der Waals surface area contributed by atoms with Gasteiger partial charge in [0.1, 0.15) is 18.0 Å². The molecule has 0 saturated carbocycles. The van der Waals surface area contributed by atoms with Crippen molar-refractivity contribution in [1.29, 1.82) is 5.26 Å². The fourth-order valence-corrected chi connectivity index (χ4v) is 1.69. The minimum absolute atomic E-state index is 0.0631. The van der Waals surface area contributed by atoms with Gasteiger partial charge in [-0.2, -0.15) is 10.2 Å². The summed E-state index contributed by atoms with van der Waals surface area (Å²) in [7, 11) is 2.03. The third kappa shape index (κ3) is 2.20. The highest BCUT2D eigenvalue weighted by Gasteiger charge is 2.22. The van der Waals surface area contributed by atoms with E-state index in [4.69, 9.17) is 15.7 Å². The maximum Gasteiger partial charge on any atom is 0.253 e. The number of ether oxygens (including phenoxy) is 1. The Kier molecular flexibility index (Phi) is 2.88. The van der Waals surface area contributed by atoms with Gasteiger partial charge in [0, 0.05) is 13.1 Å². The molecule has 0 amide bonds. The number of nitrogens with zero attached hydrogens (tertiary/aromatic N) is 4. The van der Waals surface area contributed by atoms with Gasteiger partial charge in [-0.1, -0.05) is 0 Å². The van der Waals surface area contributed by atoms with Crippen LogP contribution in [0.5, 0.6) is 5.88 Å². The fraction of sp³-hybridized carbons (Fsp3) is 0.500. The Morgan fingerprint density at radius 3 is 3.12 bits per heavy atom. The maximum absolute atomic E-state index is 8.85. The summed E-state index contributed by atoms with van der Waals surface area (Å²) in [6.07, 6.45) is 2.34. The number of likely N-dealkylation sites (tertiary alicyclic amines) is 1. The van der Waals surface area contributed by atoms with E-state index in [0.29, 0.717) is 0 Å². The number of hydrogen-bond donors (Lipinski definition) is 1. The maximum atomic E-state index is 8.85. The molecule has 0 aromatic carbocycles. The molecular formula is C10H13N5O. The summed E-state index contributed by atoms with van der Waals surface area (Å²) in [6.45, 7) is 1.82. The van der Waals surface area contributed by atoms with Crippen LogP contribution in [0.15, 0.2) is 6.20 Å². The van der Waals surface area contributed by atoms with Gasteiger partial charge in [-0.05, 0) is 13.5 Å². The van der Waals surface area contributed by atoms with E-state index in [-0.39, 0.29) is 23.5 Å². The van der Waals surface area contributed by atoms with E-state index in [0.717, 1.165) is 19.5 Å². The summed E-state index contributed by atoms with van der Waals surface area (Å²) < 4.78 is 5.63. The van der Waals surface area contributed by atoms with Crippen molar-refractivity contribution in [3.8, 4) is 11.9 Å². The lowest BCUT2D eigenvalue weighted by atomic mass is 10.3. The van der Waals surface area contributed by atoms with Gasteiger partial charge in [-0.3, -0.25) is 0 Å². The fourth-order valence-electron chi connectivity index (χ4n) is 1.69. The summed E-state index contributed by atoms with van der Waals surface area (Å²) in [4.78, 5) is 10.0. The smallest absolute Gasteiger partial charge is 0.253 e. The molecule has 6 heteroatoms. The van der Waals surface area contributed by atoms with Crippen LogP contribution in [0.3, 0.4) is 0 Å². The van der Waals surface area contributed by atoms with Crippen molar-refractivity contribution in [3.05, 3.63) is 11.9 Å². The highest BCUT2D eigenvalue weighted by atomic mass is 16.5. The van der Waals surface area contributed by atoms with Gasteiger partial charge in [0.25, 0.3) is 5.88 Å². The van der Waals surface area contributed by atoms with Crippen LogP contribution in [-0.4, -0.2) is 41.1 Å². The molecule has 1 saturated heterocycles. The first-order chi connectivity index (χ1) is 7.69. The van der Waals surface area contributed by atoms with Crippen LogP contribution in [0, 0.1) is 11.3 Å². The first-order valence-corrected chi connectivity index (χ1v) is 5.07. The predicted molar refractivity (Wildman–Crippen MR) is 57.7 cm³/mol. The summed E-state index contributed by atoms with van der Waals surface area (Å²) in [5.74, 6) is 0.503. The minimum atomic E-state index is 0.0631. The molecule has 84 valence electrons. The van der Waals surface area contributed by atoms with Crippen LogP contribution in [0.25, 0.3) is 0 Å². The quantitative estimate of drug-likeness (QED) is 0.754. The molecule has 1 aliphatic rings. The molecule has 2 N–H and O–H groups in total. The molecule has 1 aliphatic heterocycles. The first kappa shape index (κ1) is 10.6. The summed E-state index contributed by atoms with van der Waals surface area (Å²) in [6, 6.07) is 1.94. The highest BCUT2D eigenvalue weighted by molar-refractivity contribution is 5.37. The molecule has 0 spiro atoms. The summed E-state index contributed by atoms with van der Waals surface area (Å²) in [5.41, 5.74) is 5.69. The molecular weight excluding hydrogens is 206 g/mol. The Bertz CT molecular complexity index is 428. The van der Waals surface area contributed by atoms with Crippen LogP contribution in [-0.2, 0) is 0 Å². The largest absolute Gasteiger partial charge is 0.471 e. The Morgan fingerprint density at radius 2 is 2.50 bits per heavy atom. The van der Waals surface area contributed by atoms with Crippen molar-refractivity contribution in [2.24, 2.45) is 0 Å². The van der Waals surface area contributed by atoms with E-state index >= 15 is 0 Å². The Balaban J connectivity index is 2.14.